The molecule has 2 N–H and O–H groups in total. The van der Waals surface area contributed by atoms with Crippen molar-refractivity contribution < 1.29 is 13.9 Å². The molecule has 19 heavy (non-hydrogen) atoms. The summed E-state index contributed by atoms with van der Waals surface area (Å²) in [5, 5.41) is 13.0. The summed E-state index contributed by atoms with van der Waals surface area (Å²) in [6, 6.07) is 1.60. The summed E-state index contributed by atoms with van der Waals surface area (Å²) < 4.78 is 27.4. The van der Waals surface area contributed by atoms with Crippen LogP contribution < -0.4 is 5.32 Å². The number of aliphatic hydroxyl groups is 1. The van der Waals surface area contributed by atoms with Crippen molar-refractivity contribution in [3.8, 4) is 0 Å². The van der Waals surface area contributed by atoms with Crippen molar-refractivity contribution >= 4 is 24.0 Å². The number of rotatable bonds is 5. The van der Waals surface area contributed by atoms with Crippen LogP contribution in [-0.4, -0.2) is 18.2 Å². The maximum absolute atomic E-state index is 13.7. The van der Waals surface area contributed by atoms with Crippen LogP contribution in [0.2, 0.25) is 5.02 Å². The lowest BCUT2D eigenvalue weighted by Crippen LogP contribution is -2.34. The van der Waals surface area contributed by atoms with E-state index in [9.17, 15) is 13.9 Å². The van der Waals surface area contributed by atoms with Crippen LogP contribution in [0.1, 0.15) is 31.9 Å². The van der Waals surface area contributed by atoms with E-state index in [1.54, 1.807) is 7.05 Å². The summed E-state index contributed by atoms with van der Waals surface area (Å²) in [4.78, 5) is 0. The highest BCUT2D eigenvalue weighted by Gasteiger charge is 2.26. The van der Waals surface area contributed by atoms with Crippen LogP contribution in [0.3, 0.4) is 0 Å². The van der Waals surface area contributed by atoms with Gasteiger partial charge < -0.3 is 10.4 Å². The van der Waals surface area contributed by atoms with Gasteiger partial charge in [-0.15, -0.1) is 12.4 Å². The molecule has 2 atom stereocenters. The van der Waals surface area contributed by atoms with Gasteiger partial charge in [-0.2, -0.15) is 0 Å². The normalized spacial score (nSPS) is 14.1. The molecule has 0 bridgehead atoms. The standard InChI is InChI=1S/C13H18ClF2NO.ClH/c1-7(2)4-11(17-3)13(18)12-9(15)5-8(14)6-10(12)16;/h5-7,11,13,17-18H,4H2,1-3H3;1H/t11-,13?;/m0./s1. The summed E-state index contributed by atoms with van der Waals surface area (Å²) in [5.74, 6) is -1.34. The molecule has 0 saturated heterocycles. The molecule has 0 aliphatic carbocycles. The average Bonchev–Trinajstić information content (AvgIpc) is 2.23. The molecule has 1 unspecified atom stereocenters. The van der Waals surface area contributed by atoms with Gasteiger partial charge in [-0.05, 0) is 31.5 Å². The van der Waals surface area contributed by atoms with E-state index < -0.39 is 23.8 Å². The minimum atomic E-state index is -1.24. The van der Waals surface area contributed by atoms with E-state index in [2.05, 4.69) is 5.32 Å². The lowest BCUT2D eigenvalue weighted by molar-refractivity contribution is 0.113. The largest absolute Gasteiger partial charge is 0.387 e. The molecule has 0 fully saturated rings. The van der Waals surface area contributed by atoms with Crippen LogP contribution in [-0.2, 0) is 0 Å². The topological polar surface area (TPSA) is 32.3 Å². The Morgan fingerprint density at radius 1 is 1.26 bits per heavy atom. The van der Waals surface area contributed by atoms with Gasteiger partial charge in [-0.3, -0.25) is 0 Å². The molecule has 0 heterocycles. The van der Waals surface area contributed by atoms with Crippen molar-refractivity contribution in [3.05, 3.63) is 34.4 Å². The summed E-state index contributed by atoms with van der Waals surface area (Å²) in [6.45, 7) is 3.96. The molecule has 1 aromatic carbocycles. The van der Waals surface area contributed by atoms with Gasteiger partial charge in [-0.1, -0.05) is 25.4 Å². The minimum absolute atomic E-state index is 0. The summed E-state index contributed by atoms with van der Waals surface area (Å²) in [6.07, 6.45) is -0.631. The quantitative estimate of drug-likeness (QED) is 0.868. The third-order valence-electron chi connectivity index (χ3n) is 2.82. The molecule has 0 radical (unpaired) electrons. The molecule has 0 aliphatic rings. The van der Waals surface area contributed by atoms with Gasteiger partial charge in [0.1, 0.15) is 11.6 Å². The molecule has 0 aromatic heterocycles. The number of halogens is 4. The third kappa shape index (κ3) is 4.88. The van der Waals surface area contributed by atoms with Crippen LogP contribution in [0, 0.1) is 17.6 Å². The summed E-state index contributed by atoms with van der Waals surface area (Å²) in [7, 11) is 1.65. The molecule has 2 nitrogen and oxygen atoms in total. The van der Waals surface area contributed by atoms with Crippen LogP contribution in [0.5, 0.6) is 0 Å². The monoisotopic (exact) mass is 313 g/mol. The Bertz CT molecular complexity index is 393. The Balaban J connectivity index is 0.00000324. The van der Waals surface area contributed by atoms with Crippen molar-refractivity contribution in [2.24, 2.45) is 5.92 Å². The Kier molecular flexibility index (Phi) is 7.82. The maximum atomic E-state index is 13.7. The van der Waals surface area contributed by atoms with Gasteiger partial charge in [0, 0.05) is 11.1 Å². The fourth-order valence-corrected chi connectivity index (χ4v) is 2.14. The van der Waals surface area contributed by atoms with Crippen LogP contribution in [0.25, 0.3) is 0 Å². The van der Waals surface area contributed by atoms with E-state index >= 15 is 0 Å². The molecule has 0 spiro atoms. The SMILES string of the molecule is CN[C@@H](CC(C)C)C(O)c1c(F)cc(Cl)cc1F.Cl. The third-order valence-corrected chi connectivity index (χ3v) is 3.04. The van der Waals surface area contributed by atoms with E-state index in [1.165, 1.54) is 0 Å². The molecular formula is C13H19Cl2F2NO. The number of aliphatic hydroxyl groups excluding tert-OH is 1. The molecule has 1 aromatic rings. The van der Waals surface area contributed by atoms with Crippen molar-refractivity contribution in [3.63, 3.8) is 0 Å². The van der Waals surface area contributed by atoms with E-state index in [-0.39, 0.29) is 23.0 Å². The van der Waals surface area contributed by atoms with E-state index in [1.807, 2.05) is 13.8 Å². The second-order valence-electron chi connectivity index (χ2n) is 4.75. The van der Waals surface area contributed by atoms with E-state index in [0.717, 1.165) is 12.1 Å². The Morgan fingerprint density at radius 3 is 2.11 bits per heavy atom. The minimum Gasteiger partial charge on any atom is -0.387 e. The highest BCUT2D eigenvalue weighted by molar-refractivity contribution is 6.30. The van der Waals surface area contributed by atoms with Crippen molar-refractivity contribution in [2.45, 2.75) is 32.4 Å². The number of nitrogens with one attached hydrogen (secondary N) is 1. The Morgan fingerprint density at radius 2 is 1.74 bits per heavy atom. The van der Waals surface area contributed by atoms with Crippen molar-refractivity contribution in [1.82, 2.24) is 5.32 Å². The fraction of sp³-hybridized carbons (Fsp3) is 0.538. The highest BCUT2D eigenvalue weighted by atomic mass is 35.5. The number of benzene rings is 1. The Labute approximate surface area is 123 Å². The van der Waals surface area contributed by atoms with Crippen molar-refractivity contribution in [1.29, 1.82) is 0 Å². The summed E-state index contributed by atoms with van der Waals surface area (Å²) in [5.41, 5.74) is -0.334. The Hall–Kier alpha value is -0.420. The zero-order valence-electron chi connectivity index (χ0n) is 11.1. The zero-order chi connectivity index (χ0) is 13.9. The van der Waals surface area contributed by atoms with Gasteiger partial charge in [0.05, 0.1) is 11.7 Å². The predicted octanol–water partition coefficient (Wildman–Crippen LogP) is 3.71. The van der Waals surface area contributed by atoms with Crippen LogP contribution in [0.4, 0.5) is 8.78 Å². The molecule has 0 aliphatic heterocycles. The van der Waals surface area contributed by atoms with Crippen LogP contribution >= 0.6 is 24.0 Å². The molecule has 6 heteroatoms. The second-order valence-corrected chi connectivity index (χ2v) is 5.19. The van der Waals surface area contributed by atoms with E-state index in [4.69, 9.17) is 11.6 Å². The fourth-order valence-electron chi connectivity index (χ4n) is 1.95. The number of hydrogen-bond donors (Lipinski definition) is 2. The summed E-state index contributed by atoms with van der Waals surface area (Å²) >= 11 is 5.55. The smallest absolute Gasteiger partial charge is 0.133 e. The van der Waals surface area contributed by atoms with Crippen LogP contribution in [0.15, 0.2) is 12.1 Å². The maximum Gasteiger partial charge on any atom is 0.133 e. The zero-order valence-corrected chi connectivity index (χ0v) is 12.7. The molecular weight excluding hydrogens is 295 g/mol. The highest BCUT2D eigenvalue weighted by Crippen LogP contribution is 2.28. The van der Waals surface area contributed by atoms with Gasteiger partial charge in [-0.25, -0.2) is 8.78 Å². The first-order chi connectivity index (χ1) is 8.36. The van der Waals surface area contributed by atoms with Gasteiger partial charge >= 0.3 is 0 Å². The van der Waals surface area contributed by atoms with E-state index in [0.29, 0.717) is 12.3 Å². The lowest BCUT2D eigenvalue weighted by Gasteiger charge is -2.25. The first kappa shape index (κ1) is 18.6. The van der Waals surface area contributed by atoms with Gasteiger partial charge in [0.15, 0.2) is 0 Å². The van der Waals surface area contributed by atoms with Gasteiger partial charge in [0.2, 0.25) is 0 Å². The predicted molar refractivity (Wildman–Crippen MR) is 75.9 cm³/mol. The first-order valence-electron chi connectivity index (χ1n) is 5.86. The second kappa shape index (κ2) is 8.00. The van der Waals surface area contributed by atoms with Crippen molar-refractivity contribution in [2.75, 3.05) is 7.05 Å². The molecule has 0 amide bonds. The molecule has 1 rings (SSSR count). The molecule has 0 saturated carbocycles. The molecule has 110 valence electrons. The number of hydrogen-bond acceptors (Lipinski definition) is 2. The number of likely N-dealkylation sites (N-methyl/N-ethyl adjacent to an activating group) is 1. The lowest BCUT2D eigenvalue weighted by atomic mass is 9.94. The first-order valence-corrected chi connectivity index (χ1v) is 6.24. The van der Waals surface area contributed by atoms with Gasteiger partial charge in [0.25, 0.3) is 0 Å². The average molecular weight is 314 g/mol.